The lowest BCUT2D eigenvalue weighted by Crippen LogP contribution is -1.99. The minimum atomic E-state index is -3.24. The minimum absolute atomic E-state index is 0.207. The average Bonchev–Trinajstić information content (AvgIpc) is 2.32. The van der Waals surface area contributed by atoms with Crippen LogP contribution in [0.5, 0.6) is 0 Å². The molecule has 0 aliphatic rings. The first kappa shape index (κ1) is 12.8. The Bertz CT molecular complexity index is 657. The molecule has 2 N–H and O–H groups in total. The van der Waals surface area contributed by atoms with E-state index < -0.39 is 9.84 Å². The van der Waals surface area contributed by atoms with Crippen molar-refractivity contribution >= 4 is 27.3 Å². The molecule has 0 fully saturated rings. The van der Waals surface area contributed by atoms with Gasteiger partial charge in [-0.2, -0.15) is 0 Å². The van der Waals surface area contributed by atoms with Crippen molar-refractivity contribution in [2.24, 2.45) is 0 Å². The Morgan fingerprint density at radius 2 is 1.89 bits per heavy atom. The predicted molar refractivity (Wildman–Crippen MR) is 70.1 cm³/mol. The maximum Gasteiger partial charge on any atom is 0.192 e. The number of hydrogen-bond acceptors (Lipinski definition) is 6. The first-order valence-electron chi connectivity index (χ1n) is 5.01. The van der Waals surface area contributed by atoms with Gasteiger partial charge in [-0.3, -0.25) is 0 Å². The molecule has 18 heavy (non-hydrogen) atoms. The third-order valence-electron chi connectivity index (χ3n) is 2.15. The predicted octanol–water partition coefficient (Wildman–Crippen LogP) is 1.61. The standard InChI is InChI=1S/C11H11N3O2S2/c1-18(15,16)8-3-4-10(9(12)7-8)17-11-13-5-2-6-14-11/h2-7H,12H2,1H3. The monoisotopic (exact) mass is 281 g/mol. The van der Waals surface area contributed by atoms with Crippen LogP contribution in [0.1, 0.15) is 0 Å². The van der Waals surface area contributed by atoms with Crippen molar-refractivity contribution in [1.29, 1.82) is 0 Å². The number of nitrogens with zero attached hydrogens (tertiary/aromatic N) is 2. The SMILES string of the molecule is CS(=O)(=O)c1ccc(Sc2ncccn2)c(N)c1. The van der Waals surface area contributed by atoms with Gasteiger partial charge in [0.25, 0.3) is 0 Å². The van der Waals surface area contributed by atoms with Gasteiger partial charge in [0.1, 0.15) is 0 Å². The van der Waals surface area contributed by atoms with Crippen LogP contribution in [0, 0.1) is 0 Å². The molecule has 1 aromatic carbocycles. The Hall–Kier alpha value is -1.60. The molecule has 5 nitrogen and oxygen atoms in total. The van der Waals surface area contributed by atoms with Crippen LogP contribution in [0.4, 0.5) is 5.69 Å². The van der Waals surface area contributed by atoms with Gasteiger partial charge in [-0.05, 0) is 36.0 Å². The molecule has 0 aliphatic carbocycles. The topological polar surface area (TPSA) is 85.9 Å². The molecule has 0 aliphatic heterocycles. The van der Waals surface area contributed by atoms with E-state index in [-0.39, 0.29) is 4.90 Å². The van der Waals surface area contributed by atoms with Gasteiger partial charge in [0.05, 0.1) is 4.90 Å². The molecular formula is C11H11N3O2S2. The average molecular weight is 281 g/mol. The van der Waals surface area contributed by atoms with Gasteiger partial charge in [0, 0.05) is 29.2 Å². The van der Waals surface area contributed by atoms with E-state index in [2.05, 4.69) is 9.97 Å². The summed E-state index contributed by atoms with van der Waals surface area (Å²) < 4.78 is 22.7. The summed E-state index contributed by atoms with van der Waals surface area (Å²) in [6.45, 7) is 0. The Balaban J connectivity index is 2.32. The summed E-state index contributed by atoms with van der Waals surface area (Å²) >= 11 is 1.29. The van der Waals surface area contributed by atoms with Crippen LogP contribution in [-0.4, -0.2) is 24.6 Å². The molecule has 94 valence electrons. The first-order valence-corrected chi connectivity index (χ1v) is 7.72. The van der Waals surface area contributed by atoms with Crippen molar-refractivity contribution in [1.82, 2.24) is 9.97 Å². The Kier molecular flexibility index (Phi) is 3.53. The van der Waals surface area contributed by atoms with Crippen molar-refractivity contribution in [3.8, 4) is 0 Å². The summed E-state index contributed by atoms with van der Waals surface area (Å²) in [5, 5.41) is 0.566. The van der Waals surface area contributed by atoms with Gasteiger partial charge in [-0.25, -0.2) is 18.4 Å². The second kappa shape index (κ2) is 4.95. The van der Waals surface area contributed by atoms with Crippen LogP contribution in [0.25, 0.3) is 0 Å². The fraction of sp³-hybridized carbons (Fsp3) is 0.0909. The Morgan fingerprint density at radius 3 is 2.44 bits per heavy atom. The number of hydrogen-bond donors (Lipinski definition) is 1. The van der Waals surface area contributed by atoms with Crippen LogP contribution >= 0.6 is 11.8 Å². The summed E-state index contributed by atoms with van der Waals surface area (Å²) in [5.74, 6) is 0. The molecular weight excluding hydrogens is 270 g/mol. The van der Waals surface area contributed by atoms with Gasteiger partial charge in [-0.15, -0.1) is 0 Å². The summed E-state index contributed by atoms with van der Waals surface area (Å²) in [7, 11) is -3.24. The van der Waals surface area contributed by atoms with E-state index >= 15 is 0 Å². The second-order valence-corrected chi connectivity index (χ2v) is 6.63. The lowest BCUT2D eigenvalue weighted by Gasteiger charge is -2.06. The van der Waals surface area contributed by atoms with E-state index in [4.69, 9.17) is 5.73 Å². The van der Waals surface area contributed by atoms with Crippen molar-refractivity contribution in [3.63, 3.8) is 0 Å². The molecule has 0 atom stereocenters. The molecule has 0 unspecified atom stereocenters. The van der Waals surface area contributed by atoms with Crippen molar-refractivity contribution in [2.75, 3.05) is 12.0 Å². The van der Waals surface area contributed by atoms with E-state index in [9.17, 15) is 8.42 Å². The number of nitrogens with two attached hydrogens (primary N) is 1. The van der Waals surface area contributed by atoms with E-state index in [1.807, 2.05) is 0 Å². The third kappa shape index (κ3) is 2.99. The fourth-order valence-corrected chi connectivity index (χ4v) is 2.68. The maximum absolute atomic E-state index is 11.4. The molecule has 0 spiro atoms. The number of rotatable bonds is 3. The largest absolute Gasteiger partial charge is 0.398 e. The molecule has 0 saturated heterocycles. The zero-order chi connectivity index (χ0) is 13.2. The molecule has 0 amide bonds. The van der Waals surface area contributed by atoms with Crippen molar-refractivity contribution in [3.05, 3.63) is 36.7 Å². The van der Waals surface area contributed by atoms with E-state index in [1.165, 1.54) is 23.9 Å². The van der Waals surface area contributed by atoms with Crippen LogP contribution in [-0.2, 0) is 9.84 Å². The number of anilines is 1. The number of benzene rings is 1. The van der Waals surface area contributed by atoms with Crippen LogP contribution in [0.3, 0.4) is 0 Å². The van der Waals surface area contributed by atoms with Crippen LogP contribution in [0.15, 0.2) is 51.6 Å². The zero-order valence-electron chi connectivity index (χ0n) is 9.57. The quantitative estimate of drug-likeness (QED) is 0.679. The molecule has 7 heteroatoms. The molecule has 1 heterocycles. The van der Waals surface area contributed by atoms with Crippen LogP contribution < -0.4 is 5.73 Å². The second-order valence-electron chi connectivity index (χ2n) is 3.61. The summed E-state index contributed by atoms with van der Waals surface area (Å²) in [4.78, 5) is 9.07. The highest BCUT2D eigenvalue weighted by Crippen LogP contribution is 2.30. The number of nitrogen functional groups attached to an aromatic ring is 1. The summed E-state index contributed by atoms with van der Waals surface area (Å²) in [6, 6.07) is 6.35. The van der Waals surface area contributed by atoms with E-state index in [0.717, 1.165) is 11.2 Å². The van der Waals surface area contributed by atoms with Gasteiger partial charge < -0.3 is 5.73 Å². The lowest BCUT2D eigenvalue weighted by atomic mass is 10.3. The van der Waals surface area contributed by atoms with Gasteiger partial charge in [-0.1, -0.05) is 0 Å². The number of aromatic nitrogens is 2. The number of sulfone groups is 1. The minimum Gasteiger partial charge on any atom is -0.398 e. The van der Waals surface area contributed by atoms with Crippen molar-refractivity contribution < 1.29 is 8.42 Å². The first-order chi connectivity index (χ1) is 8.47. The molecule has 0 bridgehead atoms. The lowest BCUT2D eigenvalue weighted by molar-refractivity contribution is 0.602. The molecule has 0 saturated carbocycles. The fourth-order valence-electron chi connectivity index (χ4n) is 1.29. The molecule has 0 radical (unpaired) electrons. The highest BCUT2D eigenvalue weighted by atomic mass is 32.2. The maximum atomic E-state index is 11.4. The molecule has 1 aromatic heterocycles. The molecule has 2 aromatic rings. The Labute approximate surface area is 109 Å². The van der Waals surface area contributed by atoms with Gasteiger partial charge in [0.15, 0.2) is 15.0 Å². The third-order valence-corrected chi connectivity index (χ3v) is 4.25. The van der Waals surface area contributed by atoms with E-state index in [1.54, 1.807) is 24.5 Å². The summed E-state index contributed by atoms with van der Waals surface area (Å²) in [6.07, 6.45) is 4.42. The Morgan fingerprint density at radius 1 is 1.22 bits per heavy atom. The summed E-state index contributed by atoms with van der Waals surface area (Å²) in [5.41, 5.74) is 6.22. The normalized spacial score (nSPS) is 11.4. The van der Waals surface area contributed by atoms with Crippen LogP contribution in [0.2, 0.25) is 0 Å². The zero-order valence-corrected chi connectivity index (χ0v) is 11.2. The smallest absolute Gasteiger partial charge is 0.192 e. The van der Waals surface area contributed by atoms with E-state index in [0.29, 0.717) is 10.8 Å². The highest BCUT2D eigenvalue weighted by Gasteiger charge is 2.10. The van der Waals surface area contributed by atoms with Gasteiger partial charge in [0.2, 0.25) is 0 Å². The molecule has 2 rings (SSSR count). The van der Waals surface area contributed by atoms with Crippen molar-refractivity contribution in [2.45, 2.75) is 14.9 Å². The highest BCUT2D eigenvalue weighted by molar-refractivity contribution is 7.99. The van der Waals surface area contributed by atoms with Gasteiger partial charge >= 0.3 is 0 Å².